The van der Waals surface area contributed by atoms with Gasteiger partial charge in [0.2, 0.25) is 0 Å². The van der Waals surface area contributed by atoms with Crippen molar-refractivity contribution in [3.05, 3.63) is 0 Å². The Kier molecular flexibility index (Phi) is 9.54. The molecule has 0 heterocycles. The van der Waals surface area contributed by atoms with E-state index < -0.39 is 0 Å². The first-order valence-electron chi connectivity index (χ1n) is 1.34. The molecular weight excluding hydrogens is 139 g/mol. The first-order chi connectivity index (χ1) is 1.73. The molecule has 0 unspecified atom stereocenters. The Morgan fingerprint density at radius 1 is 1.00 bits per heavy atom. The van der Waals surface area contributed by atoms with Gasteiger partial charge in [-0.1, -0.05) is 0 Å². The van der Waals surface area contributed by atoms with Gasteiger partial charge >= 0.3 is 32.7 Å². The molecule has 0 amide bonds. The van der Waals surface area contributed by atoms with Crippen molar-refractivity contribution < 1.29 is 32.7 Å². The molecule has 0 aliphatic carbocycles. The van der Waals surface area contributed by atoms with Gasteiger partial charge in [0.05, 0.1) is 0 Å². The predicted molar refractivity (Wildman–Crippen MR) is 19.6 cm³/mol. The summed E-state index contributed by atoms with van der Waals surface area (Å²) in [5.74, 6) is 0. The van der Waals surface area contributed by atoms with Crippen molar-refractivity contribution in [2.24, 2.45) is 0 Å². The summed E-state index contributed by atoms with van der Waals surface area (Å²) < 4.78 is 0. The van der Waals surface area contributed by atoms with E-state index in [1.54, 1.807) is 0 Å². The molecule has 0 rings (SSSR count). The van der Waals surface area contributed by atoms with Crippen molar-refractivity contribution in [2.75, 3.05) is 21.1 Å². The van der Waals surface area contributed by atoms with Gasteiger partial charge in [0, 0.05) is 0 Å². The molecule has 0 aliphatic rings. The first kappa shape index (κ1) is 9.42. The van der Waals surface area contributed by atoms with E-state index in [2.05, 4.69) is 0 Å². The van der Waals surface area contributed by atoms with Crippen LogP contribution in [0.4, 0.5) is 0 Å². The van der Waals surface area contributed by atoms with E-state index in [4.69, 9.17) is 0 Å². The molecule has 0 aliphatic heterocycles. The van der Waals surface area contributed by atoms with Gasteiger partial charge in [0.25, 0.3) is 0 Å². The summed E-state index contributed by atoms with van der Waals surface area (Å²) >= 11 is 0. The number of hydrogen-bond donors (Lipinski definition) is 0. The van der Waals surface area contributed by atoms with Crippen LogP contribution in [-0.4, -0.2) is 26.0 Å². The molecule has 0 N–H and O–H groups in total. The van der Waals surface area contributed by atoms with Crippen LogP contribution in [0.2, 0.25) is 0 Å². The third kappa shape index (κ3) is 42.0. The second-order valence-electron chi connectivity index (χ2n) is 1.34. The van der Waals surface area contributed by atoms with E-state index in [1.165, 1.54) is 0 Å². The zero-order valence-corrected chi connectivity index (χ0v) is 6.86. The second-order valence-corrected chi connectivity index (χ2v) is 1.34. The van der Waals surface area contributed by atoms with E-state index in [0.29, 0.717) is 0 Å². The van der Waals surface area contributed by atoms with Crippen molar-refractivity contribution in [1.82, 2.24) is 4.90 Å². The molecule has 0 spiro atoms. The van der Waals surface area contributed by atoms with Crippen LogP contribution in [0.15, 0.2) is 0 Å². The molecule has 0 bridgehead atoms. The summed E-state index contributed by atoms with van der Waals surface area (Å²) in [4.78, 5) is 2.00. The summed E-state index contributed by atoms with van der Waals surface area (Å²) in [6.45, 7) is 0. The van der Waals surface area contributed by atoms with Crippen LogP contribution >= 0.6 is 0 Å². The van der Waals surface area contributed by atoms with Crippen LogP contribution in [0.1, 0.15) is 0 Å². The molecule has 26 valence electrons. The van der Waals surface area contributed by atoms with Gasteiger partial charge in [-0.25, -0.2) is 0 Å². The van der Waals surface area contributed by atoms with Gasteiger partial charge in [-0.15, -0.1) is 0 Å². The van der Waals surface area contributed by atoms with E-state index in [0.717, 1.165) is 0 Å². The number of nitrogens with zero attached hydrogens (tertiary/aromatic N) is 1. The summed E-state index contributed by atoms with van der Waals surface area (Å²) in [7, 11) is 6.00. The summed E-state index contributed by atoms with van der Waals surface area (Å²) in [5.41, 5.74) is 0. The fraction of sp³-hybridized carbons (Fsp3) is 1.00. The Hall–Kier alpha value is 1.06. The SMILES string of the molecule is CN(C)C.[Y+3]. The first-order valence-corrected chi connectivity index (χ1v) is 1.34. The topological polar surface area (TPSA) is 3.24 Å². The monoisotopic (exact) mass is 148 g/mol. The summed E-state index contributed by atoms with van der Waals surface area (Å²) in [6, 6.07) is 0. The molecule has 0 radical (unpaired) electrons. The maximum absolute atomic E-state index is 2.00. The van der Waals surface area contributed by atoms with Crippen molar-refractivity contribution in [3.8, 4) is 0 Å². The third-order valence-electron chi connectivity index (χ3n) is 0. The molecule has 2 heteroatoms. The Labute approximate surface area is 58.6 Å². The molecule has 1 nitrogen and oxygen atoms in total. The minimum atomic E-state index is 0. The number of hydrogen-bond acceptors (Lipinski definition) is 1. The van der Waals surface area contributed by atoms with E-state index in [-0.39, 0.29) is 32.7 Å². The van der Waals surface area contributed by atoms with Crippen molar-refractivity contribution >= 4 is 0 Å². The van der Waals surface area contributed by atoms with Gasteiger partial charge in [-0.3, -0.25) is 0 Å². The van der Waals surface area contributed by atoms with E-state index in [1.807, 2.05) is 26.0 Å². The zero-order chi connectivity index (χ0) is 3.58. The normalized spacial score (nSPS) is 7.20. The van der Waals surface area contributed by atoms with Gasteiger partial charge < -0.3 is 4.90 Å². The summed E-state index contributed by atoms with van der Waals surface area (Å²) in [6.07, 6.45) is 0. The van der Waals surface area contributed by atoms with E-state index in [9.17, 15) is 0 Å². The van der Waals surface area contributed by atoms with Crippen LogP contribution in [0, 0.1) is 0 Å². The van der Waals surface area contributed by atoms with Gasteiger partial charge in [-0.2, -0.15) is 0 Å². The smallest absolute Gasteiger partial charge is 0.312 e. The maximum atomic E-state index is 2.00. The Morgan fingerprint density at radius 3 is 1.00 bits per heavy atom. The fourth-order valence-electron chi connectivity index (χ4n) is 0. The van der Waals surface area contributed by atoms with Crippen molar-refractivity contribution in [2.45, 2.75) is 0 Å². The van der Waals surface area contributed by atoms with Crippen LogP contribution in [0.25, 0.3) is 0 Å². The minimum Gasteiger partial charge on any atom is -0.312 e. The average molecular weight is 148 g/mol. The Balaban J connectivity index is 0. The van der Waals surface area contributed by atoms with Crippen molar-refractivity contribution in [3.63, 3.8) is 0 Å². The minimum absolute atomic E-state index is 0. The molecule has 0 aromatic heterocycles. The summed E-state index contributed by atoms with van der Waals surface area (Å²) in [5, 5.41) is 0. The Bertz CT molecular complexity index is 11.6. The van der Waals surface area contributed by atoms with Crippen LogP contribution < -0.4 is 0 Å². The molecule has 0 fully saturated rings. The maximum Gasteiger partial charge on any atom is 3.00 e. The third-order valence-corrected chi connectivity index (χ3v) is 0. The molecular formula is C3H9NY+3. The van der Waals surface area contributed by atoms with Crippen LogP contribution in [-0.2, 0) is 32.7 Å². The fourth-order valence-corrected chi connectivity index (χ4v) is 0. The van der Waals surface area contributed by atoms with Gasteiger partial charge in [-0.05, 0) is 21.1 Å². The van der Waals surface area contributed by atoms with Crippen LogP contribution in [0.3, 0.4) is 0 Å². The van der Waals surface area contributed by atoms with Gasteiger partial charge in [0.15, 0.2) is 0 Å². The van der Waals surface area contributed by atoms with Crippen molar-refractivity contribution in [1.29, 1.82) is 0 Å². The standard InChI is InChI=1S/C3H9N.Y/c1-4(2)3;/h1-3H3;/q;+3. The van der Waals surface area contributed by atoms with Crippen LogP contribution in [0.5, 0.6) is 0 Å². The molecule has 0 saturated heterocycles. The average Bonchev–Trinajstić information content (AvgIpc) is 0.811. The predicted octanol–water partition coefficient (Wildman–Crippen LogP) is 0.175. The molecule has 5 heavy (non-hydrogen) atoms. The largest absolute Gasteiger partial charge is 3.00 e. The zero-order valence-electron chi connectivity index (χ0n) is 4.02. The molecule has 0 saturated carbocycles. The molecule has 0 aromatic rings. The second kappa shape index (κ2) is 5.06. The van der Waals surface area contributed by atoms with Gasteiger partial charge in [0.1, 0.15) is 0 Å². The molecule has 0 aromatic carbocycles. The quantitative estimate of drug-likeness (QED) is 0.473. The Morgan fingerprint density at radius 2 is 1.00 bits per heavy atom. The number of rotatable bonds is 0. The molecule has 0 atom stereocenters. The van der Waals surface area contributed by atoms with E-state index >= 15 is 0 Å².